The number of fused-ring (bicyclic) bond motifs is 2. The van der Waals surface area contributed by atoms with Crippen molar-refractivity contribution in [1.29, 1.82) is 0 Å². The predicted molar refractivity (Wildman–Crippen MR) is 111 cm³/mol. The fourth-order valence-electron chi connectivity index (χ4n) is 3.54. The number of carbonyl (C=O) groups excluding carboxylic acids is 1. The van der Waals surface area contributed by atoms with Gasteiger partial charge in [0, 0.05) is 0 Å². The molecule has 2 unspecified atom stereocenters. The maximum atomic E-state index is 12.4. The summed E-state index contributed by atoms with van der Waals surface area (Å²) in [6.07, 6.45) is 4.82. The zero-order chi connectivity index (χ0) is 18.3. The monoisotopic (exact) mass is 428 g/mol. The first kappa shape index (κ1) is 20.2. The van der Waals surface area contributed by atoms with Gasteiger partial charge in [0.05, 0.1) is 30.3 Å². The van der Waals surface area contributed by atoms with Gasteiger partial charge in [0.15, 0.2) is 5.17 Å². The third-order valence-corrected chi connectivity index (χ3v) is 6.97. The van der Waals surface area contributed by atoms with Crippen LogP contribution in [0.15, 0.2) is 9.79 Å². The van der Waals surface area contributed by atoms with Crippen molar-refractivity contribution >= 4 is 56.9 Å². The van der Waals surface area contributed by atoms with Crippen LogP contribution in [-0.2, 0) is 10.5 Å². The van der Waals surface area contributed by atoms with Gasteiger partial charge >= 0.3 is 5.97 Å². The minimum absolute atomic E-state index is 0. The molecule has 2 atom stereocenters. The molecule has 0 radical (unpaired) electrons. The number of rotatable bonds is 3. The van der Waals surface area contributed by atoms with Crippen molar-refractivity contribution in [2.75, 3.05) is 7.11 Å². The third kappa shape index (κ3) is 3.86. The Labute approximate surface area is 170 Å². The van der Waals surface area contributed by atoms with E-state index in [-0.39, 0.29) is 18.0 Å². The smallest absolute Gasteiger partial charge is 0.348 e. The summed E-state index contributed by atoms with van der Waals surface area (Å²) in [5.74, 6) is 0.679. The number of aliphatic imine (C=N–C) groups is 1. The Morgan fingerprint density at radius 1 is 1.37 bits per heavy atom. The van der Waals surface area contributed by atoms with Gasteiger partial charge in [0.25, 0.3) is 5.56 Å². The summed E-state index contributed by atoms with van der Waals surface area (Å²) in [7, 11) is 1.33. The van der Waals surface area contributed by atoms with Crippen molar-refractivity contribution in [2.24, 2.45) is 4.99 Å². The molecule has 1 aliphatic heterocycles. The van der Waals surface area contributed by atoms with Gasteiger partial charge in [0.2, 0.25) is 0 Å². The standard InChI is InChI=1S/C17H20N4O3S2.ClH/c1-8-12-14(22)20-11(21-15(12)26-13(8)16(23)24-2)7-25-17-18-9-5-3-4-6-10(9)19-17;/h9-10H,3-7H2,1-2H3,(H,18,19)(H,20,21,22);1H. The SMILES string of the molecule is COC(=O)c1sc2nc(CSC3=NC4CCCCC4N3)[nH]c(=O)c2c1C.Cl. The molecule has 0 amide bonds. The molecular weight excluding hydrogens is 408 g/mol. The molecule has 2 N–H and O–H groups in total. The number of aryl methyl sites for hydroxylation is 1. The Balaban J connectivity index is 0.00000210. The quantitative estimate of drug-likeness (QED) is 0.729. The van der Waals surface area contributed by atoms with E-state index < -0.39 is 5.97 Å². The van der Waals surface area contributed by atoms with Gasteiger partial charge < -0.3 is 15.0 Å². The van der Waals surface area contributed by atoms with E-state index in [1.807, 2.05) is 0 Å². The van der Waals surface area contributed by atoms with Crippen molar-refractivity contribution in [2.45, 2.75) is 50.4 Å². The van der Waals surface area contributed by atoms with Crippen molar-refractivity contribution in [3.05, 3.63) is 26.6 Å². The van der Waals surface area contributed by atoms with Gasteiger partial charge in [-0.25, -0.2) is 9.78 Å². The Bertz CT molecular complexity index is 956. The van der Waals surface area contributed by atoms with Gasteiger partial charge in [-0.3, -0.25) is 9.79 Å². The van der Waals surface area contributed by atoms with Crippen LogP contribution in [0.5, 0.6) is 0 Å². The topological polar surface area (TPSA) is 96.4 Å². The lowest BCUT2D eigenvalue weighted by atomic mass is 9.92. The molecule has 0 aromatic carbocycles. The molecule has 4 rings (SSSR count). The molecule has 7 nitrogen and oxygen atoms in total. The maximum Gasteiger partial charge on any atom is 0.348 e. The van der Waals surface area contributed by atoms with E-state index in [2.05, 4.69) is 15.3 Å². The molecule has 0 bridgehead atoms. The number of amidine groups is 1. The molecular formula is C17H21ClN4O3S2. The van der Waals surface area contributed by atoms with Gasteiger partial charge in [-0.05, 0) is 25.3 Å². The van der Waals surface area contributed by atoms with Gasteiger partial charge in [0.1, 0.15) is 15.5 Å². The number of hydrogen-bond donors (Lipinski definition) is 2. The number of methoxy groups -OCH3 is 1. The highest BCUT2D eigenvalue weighted by Gasteiger charge is 2.30. The predicted octanol–water partition coefficient (Wildman–Crippen LogP) is 3.01. The second-order valence-corrected chi connectivity index (χ2v) is 8.53. The van der Waals surface area contributed by atoms with Crippen molar-refractivity contribution in [3.63, 3.8) is 0 Å². The molecule has 10 heteroatoms. The van der Waals surface area contributed by atoms with Crippen molar-refractivity contribution in [3.8, 4) is 0 Å². The van der Waals surface area contributed by atoms with Crippen molar-refractivity contribution in [1.82, 2.24) is 15.3 Å². The van der Waals surface area contributed by atoms with Crippen LogP contribution in [-0.4, -0.2) is 40.3 Å². The molecule has 1 saturated carbocycles. The van der Waals surface area contributed by atoms with Crippen LogP contribution in [0.2, 0.25) is 0 Å². The van der Waals surface area contributed by atoms with Gasteiger partial charge in [-0.2, -0.15) is 0 Å². The van der Waals surface area contributed by atoms with Crippen LogP contribution in [0, 0.1) is 6.92 Å². The molecule has 0 spiro atoms. The second kappa shape index (κ2) is 8.20. The van der Waals surface area contributed by atoms with E-state index in [0.717, 1.165) is 11.6 Å². The number of nitrogens with zero attached hydrogens (tertiary/aromatic N) is 2. The zero-order valence-corrected chi connectivity index (χ0v) is 17.5. The van der Waals surface area contributed by atoms with Crippen LogP contribution in [0.3, 0.4) is 0 Å². The summed E-state index contributed by atoms with van der Waals surface area (Å²) in [4.78, 5) is 37.4. The zero-order valence-electron chi connectivity index (χ0n) is 15.0. The molecule has 0 saturated heterocycles. The number of thioether (sulfide) groups is 1. The third-order valence-electron chi connectivity index (χ3n) is 4.89. The highest BCUT2D eigenvalue weighted by molar-refractivity contribution is 8.13. The Kier molecular flexibility index (Phi) is 6.12. The van der Waals surface area contributed by atoms with Gasteiger partial charge in [-0.15, -0.1) is 23.7 Å². The van der Waals surface area contributed by atoms with E-state index in [1.165, 1.54) is 37.7 Å². The van der Waals surface area contributed by atoms with E-state index in [4.69, 9.17) is 9.73 Å². The van der Waals surface area contributed by atoms with Crippen LogP contribution < -0.4 is 10.9 Å². The molecule has 3 heterocycles. The van der Waals surface area contributed by atoms with E-state index in [1.54, 1.807) is 18.7 Å². The van der Waals surface area contributed by atoms with E-state index in [0.29, 0.717) is 44.3 Å². The molecule has 146 valence electrons. The number of carbonyl (C=O) groups is 1. The second-order valence-electron chi connectivity index (χ2n) is 6.57. The van der Waals surface area contributed by atoms with Crippen LogP contribution in [0.25, 0.3) is 10.2 Å². The normalized spacial score (nSPS) is 21.2. The Morgan fingerprint density at radius 3 is 2.89 bits per heavy atom. The minimum Gasteiger partial charge on any atom is -0.465 e. The fourth-order valence-corrected chi connectivity index (χ4v) is 5.51. The average Bonchev–Trinajstić information content (AvgIpc) is 3.20. The molecule has 2 aromatic rings. The Hall–Kier alpha value is -1.58. The van der Waals surface area contributed by atoms with E-state index in [9.17, 15) is 9.59 Å². The molecule has 2 aliphatic rings. The number of ether oxygens (including phenoxy) is 1. The number of aromatic nitrogens is 2. The molecule has 1 fully saturated rings. The van der Waals surface area contributed by atoms with Crippen molar-refractivity contribution < 1.29 is 9.53 Å². The Morgan fingerprint density at radius 2 is 2.15 bits per heavy atom. The first-order valence-electron chi connectivity index (χ1n) is 8.64. The van der Waals surface area contributed by atoms with Crippen LogP contribution in [0.1, 0.15) is 46.7 Å². The average molecular weight is 429 g/mol. The first-order chi connectivity index (χ1) is 12.6. The fraction of sp³-hybridized carbons (Fsp3) is 0.529. The number of hydrogen-bond acceptors (Lipinski definition) is 8. The molecule has 2 aromatic heterocycles. The molecule has 27 heavy (non-hydrogen) atoms. The number of halogens is 1. The number of aromatic amines is 1. The largest absolute Gasteiger partial charge is 0.465 e. The van der Waals surface area contributed by atoms with Crippen LogP contribution >= 0.6 is 35.5 Å². The maximum absolute atomic E-state index is 12.4. The summed E-state index contributed by atoms with van der Waals surface area (Å²) in [6.45, 7) is 1.75. The lowest BCUT2D eigenvalue weighted by Crippen LogP contribution is -2.36. The minimum atomic E-state index is -0.437. The number of nitrogens with one attached hydrogen (secondary N) is 2. The summed E-state index contributed by atoms with van der Waals surface area (Å²) in [5, 5.41) is 4.88. The number of H-pyrrole nitrogens is 1. The summed E-state index contributed by atoms with van der Waals surface area (Å²) >= 11 is 2.76. The van der Waals surface area contributed by atoms with Crippen LogP contribution in [0.4, 0.5) is 0 Å². The lowest BCUT2D eigenvalue weighted by molar-refractivity contribution is 0.0605. The van der Waals surface area contributed by atoms with Gasteiger partial charge in [-0.1, -0.05) is 24.6 Å². The molecule has 1 aliphatic carbocycles. The summed E-state index contributed by atoms with van der Waals surface area (Å²) in [6, 6.07) is 0.853. The van der Waals surface area contributed by atoms with E-state index >= 15 is 0 Å². The highest BCUT2D eigenvalue weighted by Crippen LogP contribution is 2.29. The first-order valence-corrected chi connectivity index (χ1v) is 10.4. The summed E-state index contributed by atoms with van der Waals surface area (Å²) < 4.78 is 4.78. The summed E-state index contributed by atoms with van der Waals surface area (Å²) in [5.41, 5.74) is 0.403. The number of esters is 1. The number of thiophene rings is 1. The highest BCUT2D eigenvalue weighted by atomic mass is 35.5. The lowest BCUT2D eigenvalue weighted by Gasteiger charge is -2.23.